The molecular weight excluding hydrogens is 354 g/mol. The van der Waals surface area contributed by atoms with Crippen LogP contribution >= 0.6 is 0 Å². The van der Waals surface area contributed by atoms with Gasteiger partial charge in [-0.05, 0) is 36.1 Å². The number of aromatic nitrogens is 1. The smallest absolute Gasteiger partial charge is 0.228 e. The van der Waals surface area contributed by atoms with Crippen molar-refractivity contribution in [1.82, 2.24) is 10.1 Å². The van der Waals surface area contributed by atoms with Crippen molar-refractivity contribution in [2.24, 2.45) is 5.92 Å². The van der Waals surface area contributed by atoms with Crippen molar-refractivity contribution in [1.29, 1.82) is 0 Å². The van der Waals surface area contributed by atoms with Crippen molar-refractivity contribution < 1.29 is 14.1 Å². The van der Waals surface area contributed by atoms with Crippen molar-refractivity contribution in [3.8, 4) is 0 Å². The molecule has 0 aliphatic carbocycles. The molecule has 4 rings (SSSR count). The van der Waals surface area contributed by atoms with E-state index in [1.54, 1.807) is 13.0 Å². The van der Waals surface area contributed by atoms with Crippen molar-refractivity contribution in [2.75, 3.05) is 18.4 Å². The van der Waals surface area contributed by atoms with Crippen LogP contribution < -0.4 is 5.32 Å². The minimum atomic E-state index is -0.110. The van der Waals surface area contributed by atoms with Gasteiger partial charge in [0.1, 0.15) is 5.76 Å². The monoisotopic (exact) mass is 377 g/mol. The Morgan fingerprint density at radius 2 is 1.86 bits per heavy atom. The Bertz CT molecular complexity index is 1000. The summed E-state index contributed by atoms with van der Waals surface area (Å²) in [6.45, 7) is 2.98. The predicted octanol–water partition coefficient (Wildman–Crippen LogP) is 3.56. The number of nitrogens with one attached hydrogen (secondary N) is 1. The maximum absolute atomic E-state index is 12.7. The average molecular weight is 377 g/mol. The summed E-state index contributed by atoms with van der Waals surface area (Å²) in [6.07, 6.45) is 1.71. The number of carbonyl (C=O) groups excluding carboxylic acids is 2. The van der Waals surface area contributed by atoms with E-state index in [2.05, 4.69) is 34.7 Å². The SMILES string of the molecule is Cc1cc(NC(=O)C2CCN(C(=O)Cc3ccc4ccccc4c3)CC2)no1. The number of hydrogen-bond acceptors (Lipinski definition) is 4. The molecule has 0 bridgehead atoms. The van der Waals surface area contributed by atoms with Gasteiger partial charge in [0.2, 0.25) is 11.8 Å². The van der Waals surface area contributed by atoms with Gasteiger partial charge in [-0.2, -0.15) is 0 Å². The van der Waals surface area contributed by atoms with Crippen LogP contribution in [-0.2, 0) is 16.0 Å². The van der Waals surface area contributed by atoms with Crippen molar-refractivity contribution >= 4 is 28.4 Å². The van der Waals surface area contributed by atoms with Crippen molar-refractivity contribution in [3.05, 3.63) is 59.9 Å². The largest absolute Gasteiger partial charge is 0.360 e. The molecule has 6 nitrogen and oxygen atoms in total. The molecule has 1 aliphatic rings. The predicted molar refractivity (Wildman–Crippen MR) is 107 cm³/mol. The van der Waals surface area contributed by atoms with Crippen LogP contribution in [0.5, 0.6) is 0 Å². The number of nitrogens with zero attached hydrogens (tertiary/aromatic N) is 2. The molecule has 6 heteroatoms. The third kappa shape index (κ3) is 4.06. The molecule has 0 radical (unpaired) electrons. The van der Waals surface area contributed by atoms with Gasteiger partial charge in [0.05, 0.1) is 6.42 Å². The molecule has 0 unspecified atom stereocenters. The van der Waals surface area contributed by atoms with E-state index >= 15 is 0 Å². The lowest BCUT2D eigenvalue weighted by Crippen LogP contribution is -2.42. The minimum absolute atomic E-state index is 0.0603. The summed E-state index contributed by atoms with van der Waals surface area (Å²) in [5.41, 5.74) is 1.02. The number of fused-ring (bicyclic) bond motifs is 1. The second-order valence-electron chi connectivity index (χ2n) is 7.33. The maximum Gasteiger partial charge on any atom is 0.228 e. The number of aryl methyl sites for hydroxylation is 1. The van der Waals surface area contributed by atoms with Crippen molar-refractivity contribution in [2.45, 2.75) is 26.2 Å². The summed E-state index contributed by atoms with van der Waals surface area (Å²) in [5.74, 6) is 1.04. The number of likely N-dealkylation sites (tertiary alicyclic amines) is 1. The lowest BCUT2D eigenvalue weighted by Gasteiger charge is -2.31. The molecule has 0 spiro atoms. The fraction of sp³-hybridized carbons (Fsp3) is 0.318. The Hall–Kier alpha value is -3.15. The summed E-state index contributed by atoms with van der Waals surface area (Å²) in [7, 11) is 0. The highest BCUT2D eigenvalue weighted by Crippen LogP contribution is 2.21. The van der Waals surface area contributed by atoms with Gasteiger partial charge in [0.15, 0.2) is 5.82 Å². The highest BCUT2D eigenvalue weighted by atomic mass is 16.5. The standard InChI is InChI=1S/C22H23N3O3/c1-15-12-20(24-28-15)23-22(27)18-8-10-25(11-9-18)21(26)14-16-6-7-17-4-2-3-5-19(17)13-16/h2-7,12-13,18H,8-11,14H2,1H3,(H,23,24,27). The van der Waals surface area contributed by atoms with Crippen LogP contribution in [0, 0.1) is 12.8 Å². The van der Waals surface area contributed by atoms with Crippen LogP contribution in [0.1, 0.15) is 24.2 Å². The lowest BCUT2D eigenvalue weighted by atomic mass is 9.95. The molecule has 1 N–H and O–H groups in total. The second-order valence-corrected chi connectivity index (χ2v) is 7.33. The van der Waals surface area contributed by atoms with Crippen LogP contribution in [0.2, 0.25) is 0 Å². The Kier molecular flexibility index (Phi) is 5.10. The Labute approximate surface area is 163 Å². The average Bonchev–Trinajstić information content (AvgIpc) is 3.12. The molecule has 1 fully saturated rings. The second kappa shape index (κ2) is 7.84. The highest BCUT2D eigenvalue weighted by molar-refractivity contribution is 5.92. The molecule has 1 saturated heterocycles. The van der Waals surface area contributed by atoms with E-state index in [4.69, 9.17) is 4.52 Å². The first-order chi connectivity index (χ1) is 13.6. The Morgan fingerprint density at radius 1 is 1.11 bits per heavy atom. The van der Waals surface area contributed by atoms with Gasteiger partial charge in [-0.15, -0.1) is 0 Å². The molecule has 1 aromatic heterocycles. The number of rotatable bonds is 4. The first-order valence-electron chi connectivity index (χ1n) is 9.58. The molecule has 0 saturated carbocycles. The lowest BCUT2D eigenvalue weighted by molar-refractivity contribution is -0.133. The van der Waals surface area contributed by atoms with Crippen LogP contribution in [0.3, 0.4) is 0 Å². The molecule has 28 heavy (non-hydrogen) atoms. The Balaban J connectivity index is 1.31. The van der Waals surface area contributed by atoms with E-state index in [0.717, 1.165) is 10.9 Å². The van der Waals surface area contributed by atoms with Gasteiger partial charge in [0, 0.05) is 25.1 Å². The van der Waals surface area contributed by atoms with Gasteiger partial charge >= 0.3 is 0 Å². The quantitative estimate of drug-likeness (QED) is 0.754. The van der Waals surface area contributed by atoms with Crippen LogP contribution in [0.15, 0.2) is 53.1 Å². The molecular formula is C22H23N3O3. The first-order valence-corrected chi connectivity index (χ1v) is 9.58. The summed E-state index contributed by atoms with van der Waals surface area (Å²) >= 11 is 0. The minimum Gasteiger partial charge on any atom is -0.360 e. The van der Waals surface area contributed by atoms with E-state index in [1.165, 1.54) is 5.39 Å². The normalized spacial score (nSPS) is 15.0. The molecule has 144 valence electrons. The zero-order chi connectivity index (χ0) is 19.5. The summed E-state index contributed by atoms with van der Waals surface area (Å²) < 4.78 is 4.97. The summed E-state index contributed by atoms with van der Waals surface area (Å²) in [6, 6.07) is 16.0. The van der Waals surface area contributed by atoms with Gasteiger partial charge in [-0.1, -0.05) is 47.6 Å². The Morgan fingerprint density at radius 3 is 2.57 bits per heavy atom. The first kappa shape index (κ1) is 18.2. The number of anilines is 1. The van der Waals surface area contributed by atoms with Gasteiger partial charge in [-0.3, -0.25) is 9.59 Å². The zero-order valence-corrected chi connectivity index (χ0v) is 15.9. The van der Waals surface area contributed by atoms with Crippen molar-refractivity contribution in [3.63, 3.8) is 0 Å². The molecule has 3 aromatic rings. The van der Waals surface area contributed by atoms with E-state index in [0.29, 0.717) is 43.9 Å². The number of amides is 2. The fourth-order valence-electron chi connectivity index (χ4n) is 3.68. The van der Waals surface area contributed by atoms with Gasteiger partial charge in [-0.25, -0.2) is 0 Å². The van der Waals surface area contributed by atoms with E-state index in [-0.39, 0.29) is 17.7 Å². The van der Waals surface area contributed by atoms with Gasteiger partial charge < -0.3 is 14.7 Å². The number of carbonyl (C=O) groups is 2. The van der Waals surface area contributed by atoms with Crippen LogP contribution in [0.4, 0.5) is 5.82 Å². The molecule has 2 heterocycles. The van der Waals surface area contributed by atoms with Crippen LogP contribution in [0.25, 0.3) is 10.8 Å². The highest BCUT2D eigenvalue weighted by Gasteiger charge is 2.27. The molecule has 1 aliphatic heterocycles. The molecule has 2 amide bonds. The maximum atomic E-state index is 12.7. The third-order valence-corrected chi connectivity index (χ3v) is 5.27. The summed E-state index contributed by atoms with van der Waals surface area (Å²) in [5, 5.41) is 8.90. The van der Waals surface area contributed by atoms with E-state index in [9.17, 15) is 9.59 Å². The molecule has 2 aromatic carbocycles. The molecule has 0 atom stereocenters. The fourth-order valence-corrected chi connectivity index (χ4v) is 3.68. The number of piperidine rings is 1. The topological polar surface area (TPSA) is 75.4 Å². The van der Waals surface area contributed by atoms with E-state index < -0.39 is 0 Å². The van der Waals surface area contributed by atoms with Crippen LogP contribution in [-0.4, -0.2) is 35.0 Å². The zero-order valence-electron chi connectivity index (χ0n) is 15.9. The number of benzene rings is 2. The summed E-state index contributed by atoms with van der Waals surface area (Å²) in [4.78, 5) is 26.9. The van der Waals surface area contributed by atoms with Gasteiger partial charge in [0.25, 0.3) is 0 Å². The number of hydrogen-bond donors (Lipinski definition) is 1. The third-order valence-electron chi connectivity index (χ3n) is 5.27. The van der Waals surface area contributed by atoms with E-state index in [1.807, 2.05) is 23.1 Å².